The SMILES string of the molecule is CC.CC(=O)OC(CN(Cc1ccccc1)Cc1ccccc1)C1CCC2C3CC=C4CC(O)CCC4(C)C3CCC12C. The zero-order chi connectivity index (χ0) is 30.6. The number of aliphatic hydroxyl groups is 1. The van der Waals surface area contributed by atoms with Gasteiger partial charge >= 0.3 is 5.97 Å². The lowest BCUT2D eigenvalue weighted by molar-refractivity contribution is -0.155. The van der Waals surface area contributed by atoms with E-state index in [0.29, 0.717) is 23.7 Å². The molecule has 43 heavy (non-hydrogen) atoms. The number of aliphatic hydroxyl groups excluding tert-OH is 1. The van der Waals surface area contributed by atoms with Crippen LogP contribution in [0.5, 0.6) is 0 Å². The lowest BCUT2D eigenvalue weighted by Crippen LogP contribution is -2.52. The lowest BCUT2D eigenvalue weighted by Gasteiger charge is -2.58. The molecule has 0 spiro atoms. The molecule has 2 aromatic rings. The summed E-state index contributed by atoms with van der Waals surface area (Å²) in [6.07, 6.45) is 11.2. The summed E-state index contributed by atoms with van der Waals surface area (Å²) in [6.45, 7) is 13.1. The molecule has 8 atom stereocenters. The summed E-state index contributed by atoms with van der Waals surface area (Å²) in [6, 6.07) is 21.4. The lowest BCUT2D eigenvalue weighted by atomic mass is 9.47. The highest BCUT2D eigenvalue weighted by atomic mass is 16.5. The first-order valence-electron chi connectivity index (χ1n) is 17.1. The molecule has 2 aromatic carbocycles. The molecule has 4 nitrogen and oxygen atoms in total. The van der Waals surface area contributed by atoms with Gasteiger partial charge in [0.25, 0.3) is 0 Å². The van der Waals surface area contributed by atoms with Gasteiger partial charge in [-0.15, -0.1) is 0 Å². The van der Waals surface area contributed by atoms with E-state index in [9.17, 15) is 9.90 Å². The molecule has 0 saturated heterocycles. The van der Waals surface area contributed by atoms with Gasteiger partial charge in [-0.05, 0) is 91.1 Å². The predicted octanol–water partition coefficient (Wildman–Crippen LogP) is 8.59. The van der Waals surface area contributed by atoms with E-state index >= 15 is 0 Å². The molecule has 4 heteroatoms. The quantitative estimate of drug-likeness (QED) is 0.249. The maximum atomic E-state index is 12.6. The normalized spacial score (nSPS) is 33.7. The number of carbonyl (C=O) groups excluding carboxylic acids is 1. The van der Waals surface area contributed by atoms with Crippen molar-refractivity contribution in [1.29, 1.82) is 0 Å². The van der Waals surface area contributed by atoms with Gasteiger partial charge < -0.3 is 9.84 Å². The Hall–Kier alpha value is -2.43. The number of esters is 1. The van der Waals surface area contributed by atoms with Crippen LogP contribution in [0, 0.1) is 34.5 Å². The van der Waals surface area contributed by atoms with Crippen LogP contribution in [0.25, 0.3) is 0 Å². The van der Waals surface area contributed by atoms with Crippen LogP contribution in [0.3, 0.4) is 0 Å². The number of carbonyl (C=O) groups is 1. The summed E-state index contributed by atoms with van der Waals surface area (Å²) < 4.78 is 6.29. The number of nitrogens with zero attached hydrogens (tertiary/aromatic N) is 1. The second-order valence-electron chi connectivity index (χ2n) is 14.2. The van der Waals surface area contributed by atoms with Crippen LogP contribution < -0.4 is 0 Å². The van der Waals surface area contributed by atoms with Gasteiger partial charge in [0.05, 0.1) is 6.10 Å². The van der Waals surface area contributed by atoms with Gasteiger partial charge in [0.2, 0.25) is 0 Å². The van der Waals surface area contributed by atoms with Gasteiger partial charge in [0, 0.05) is 32.5 Å². The van der Waals surface area contributed by atoms with Crippen LogP contribution >= 0.6 is 0 Å². The summed E-state index contributed by atoms with van der Waals surface area (Å²) >= 11 is 0. The van der Waals surface area contributed by atoms with Crippen molar-refractivity contribution in [3.05, 3.63) is 83.4 Å². The third kappa shape index (κ3) is 6.66. The van der Waals surface area contributed by atoms with E-state index in [1.54, 1.807) is 6.92 Å². The Morgan fingerprint density at radius 2 is 1.53 bits per heavy atom. The van der Waals surface area contributed by atoms with Gasteiger partial charge in [0.1, 0.15) is 6.10 Å². The molecule has 3 saturated carbocycles. The third-order valence-corrected chi connectivity index (χ3v) is 11.9. The minimum absolute atomic E-state index is 0.110. The fraction of sp³-hybridized carbons (Fsp3) is 0.615. The van der Waals surface area contributed by atoms with E-state index in [1.807, 2.05) is 13.8 Å². The van der Waals surface area contributed by atoms with Gasteiger partial charge in [-0.3, -0.25) is 9.69 Å². The predicted molar refractivity (Wildman–Crippen MR) is 175 cm³/mol. The first-order chi connectivity index (χ1) is 20.8. The second kappa shape index (κ2) is 13.7. The van der Waals surface area contributed by atoms with Crippen molar-refractivity contribution in [2.24, 2.45) is 34.5 Å². The van der Waals surface area contributed by atoms with Gasteiger partial charge in [0.15, 0.2) is 0 Å². The average Bonchev–Trinajstić information content (AvgIpc) is 3.36. The smallest absolute Gasteiger partial charge is 0.302 e. The summed E-state index contributed by atoms with van der Waals surface area (Å²) in [4.78, 5) is 15.0. The Morgan fingerprint density at radius 1 is 0.907 bits per heavy atom. The first kappa shape index (κ1) is 32.0. The third-order valence-electron chi connectivity index (χ3n) is 11.9. The zero-order valence-corrected chi connectivity index (χ0v) is 27.3. The van der Waals surface area contributed by atoms with E-state index in [1.165, 1.54) is 36.0 Å². The average molecular weight is 586 g/mol. The van der Waals surface area contributed by atoms with Crippen LogP contribution in [0.1, 0.15) is 97.1 Å². The first-order valence-corrected chi connectivity index (χ1v) is 17.1. The Bertz CT molecular complexity index is 1190. The molecule has 6 rings (SSSR count). The van der Waals surface area contributed by atoms with Gasteiger partial charge in [-0.1, -0.05) is 100 Å². The van der Waals surface area contributed by atoms with Crippen molar-refractivity contribution in [2.75, 3.05) is 6.54 Å². The summed E-state index contributed by atoms with van der Waals surface area (Å²) in [7, 11) is 0. The molecule has 0 aliphatic heterocycles. The molecule has 0 bridgehead atoms. The summed E-state index contributed by atoms with van der Waals surface area (Å²) in [5.41, 5.74) is 4.54. The standard InChI is InChI=1S/C37H49NO3.C2H6/c1-26(39)41-35(25-38(23-27-10-6-4-7-11-27)24-28-12-8-5-9-13-28)34-17-16-32-31-15-14-29-22-30(40)18-20-36(29,2)33(31)19-21-37(32,34)3;1-2/h4-14,30-35,40H,15-25H2,1-3H3;1-2H3. The monoisotopic (exact) mass is 585 g/mol. The number of benzene rings is 2. The Morgan fingerprint density at radius 3 is 2.14 bits per heavy atom. The van der Waals surface area contributed by atoms with Crippen molar-refractivity contribution in [3.63, 3.8) is 0 Å². The highest BCUT2D eigenvalue weighted by Gasteiger charge is 2.60. The number of hydrogen-bond acceptors (Lipinski definition) is 4. The van der Waals surface area contributed by atoms with Crippen LogP contribution in [-0.2, 0) is 22.6 Å². The molecule has 3 fully saturated rings. The molecule has 4 aliphatic rings. The summed E-state index contributed by atoms with van der Waals surface area (Å²) in [5.74, 6) is 2.30. The van der Waals surface area contributed by atoms with Crippen molar-refractivity contribution < 1.29 is 14.6 Å². The number of hydrogen-bond donors (Lipinski definition) is 1. The molecular weight excluding hydrogens is 530 g/mol. The maximum absolute atomic E-state index is 12.6. The minimum Gasteiger partial charge on any atom is -0.461 e. The Kier molecular flexibility index (Phi) is 10.2. The molecule has 0 radical (unpaired) electrons. The van der Waals surface area contributed by atoms with Crippen LogP contribution in [-0.4, -0.2) is 34.7 Å². The molecule has 234 valence electrons. The number of fused-ring (bicyclic) bond motifs is 5. The van der Waals surface area contributed by atoms with E-state index in [2.05, 4.69) is 85.5 Å². The molecular formula is C39H55NO3. The maximum Gasteiger partial charge on any atom is 0.302 e. The number of ether oxygens (including phenoxy) is 1. The summed E-state index contributed by atoms with van der Waals surface area (Å²) in [5, 5.41) is 10.4. The Balaban J connectivity index is 0.00000180. The van der Waals surface area contributed by atoms with Crippen molar-refractivity contribution in [2.45, 2.75) is 111 Å². The minimum atomic E-state index is -0.159. The van der Waals surface area contributed by atoms with Crippen molar-refractivity contribution in [3.8, 4) is 0 Å². The topological polar surface area (TPSA) is 49.8 Å². The van der Waals surface area contributed by atoms with E-state index in [0.717, 1.165) is 51.7 Å². The molecule has 8 unspecified atom stereocenters. The van der Waals surface area contributed by atoms with Crippen LogP contribution in [0.4, 0.5) is 0 Å². The largest absolute Gasteiger partial charge is 0.461 e. The van der Waals surface area contributed by atoms with E-state index < -0.39 is 0 Å². The molecule has 0 heterocycles. The van der Waals surface area contributed by atoms with E-state index in [4.69, 9.17) is 4.74 Å². The highest BCUT2D eigenvalue weighted by Crippen LogP contribution is 2.66. The number of rotatable bonds is 8. The van der Waals surface area contributed by atoms with Crippen molar-refractivity contribution >= 4 is 5.97 Å². The molecule has 1 N–H and O–H groups in total. The van der Waals surface area contributed by atoms with Crippen molar-refractivity contribution in [1.82, 2.24) is 4.90 Å². The van der Waals surface area contributed by atoms with Crippen LogP contribution in [0.15, 0.2) is 72.3 Å². The fourth-order valence-corrected chi connectivity index (χ4v) is 9.88. The second-order valence-corrected chi connectivity index (χ2v) is 14.2. The molecule has 4 aliphatic carbocycles. The zero-order valence-electron chi connectivity index (χ0n) is 27.3. The fourth-order valence-electron chi connectivity index (χ4n) is 9.88. The van der Waals surface area contributed by atoms with E-state index in [-0.39, 0.29) is 29.0 Å². The molecule has 0 amide bonds. The Labute approximate surface area is 260 Å². The highest BCUT2D eigenvalue weighted by molar-refractivity contribution is 5.66. The molecule has 0 aromatic heterocycles. The van der Waals surface area contributed by atoms with Crippen LogP contribution in [0.2, 0.25) is 0 Å². The van der Waals surface area contributed by atoms with Gasteiger partial charge in [-0.25, -0.2) is 0 Å². The van der Waals surface area contributed by atoms with Gasteiger partial charge in [-0.2, -0.15) is 0 Å². The number of allylic oxidation sites excluding steroid dienone is 1.